The molecule has 1 saturated heterocycles. The van der Waals surface area contributed by atoms with Crippen LogP contribution in [-0.4, -0.2) is 70.0 Å². The molecular formula is C37H40FN5O5. The second kappa shape index (κ2) is 14.0. The smallest absolute Gasteiger partial charge is 0.282 e. The molecule has 1 spiro atoms. The first-order valence-corrected chi connectivity index (χ1v) is 16.1. The second-order valence-corrected chi connectivity index (χ2v) is 12.4. The van der Waals surface area contributed by atoms with Crippen LogP contribution in [0.5, 0.6) is 17.2 Å². The number of β-amino-alcohol motifs (C(OH)–C–C–N with tert-alkyl or cyclic N) is 1. The van der Waals surface area contributed by atoms with Gasteiger partial charge in [-0.1, -0.05) is 18.2 Å². The predicted octanol–water partition coefficient (Wildman–Crippen LogP) is 5.73. The maximum Gasteiger partial charge on any atom is 0.282 e. The molecule has 0 amide bonds. The molecule has 1 aliphatic carbocycles. The van der Waals surface area contributed by atoms with Gasteiger partial charge in [0, 0.05) is 74.2 Å². The number of hydrogen-bond acceptors (Lipinski definition) is 8. The fourth-order valence-electron chi connectivity index (χ4n) is 6.22. The number of rotatable bonds is 10. The van der Waals surface area contributed by atoms with Gasteiger partial charge in [-0.2, -0.15) is 0 Å². The number of aromatic nitrogens is 3. The first-order valence-electron chi connectivity index (χ1n) is 16.1. The van der Waals surface area contributed by atoms with Crippen molar-refractivity contribution in [3.05, 3.63) is 106 Å². The Labute approximate surface area is 278 Å². The van der Waals surface area contributed by atoms with Crippen LogP contribution >= 0.6 is 0 Å². The first-order chi connectivity index (χ1) is 23.2. The van der Waals surface area contributed by atoms with E-state index in [-0.39, 0.29) is 28.4 Å². The van der Waals surface area contributed by atoms with Crippen molar-refractivity contribution in [1.82, 2.24) is 19.2 Å². The van der Waals surface area contributed by atoms with Gasteiger partial charge in [0.05, 0.1) is 23.9 Å². The fraction of sp³-hybridized carbons (Fsp3) is 0.324. The van der Waals surface area contributed by atoms with Crippen LogP contribution in [-0.2, 0) is 7.05 Å². The van der Waals surface area contributed by atoms with Gasteiger partial charge < -0.3 is 19.9 Å². The molecule has 0 bridgehead atoms. The normalized spacial score (nSPS) is 16.4. The zero-order chi connectivity index (χ0) is 33.8. The number of anilines is 1. The highest BCUT2D eigenvalue weighted by atomic mass is 19.1. The maximum absolute atomic E-state index is 14.3. The van der Waals surface area contributed by atoms with Crippen molar-refractivity contribution in [2.45, 2.75) is 32.3 Å². The minimum Gasteiger partial charge on any atom is -0.493 e. The summed E-state index contributed by atoms with van der Waals surface area (Å²) in [6.07, 6.45) is 5.31. The standard InChI is InChI=1S/C25H28FN3O3.C12H12N2O2/c1-27-17-3-6-23(20(26)13-17)32-22-7-10-28-21-14-18(4-5-19(21)22)31-12-2-11-29-15-24(30)25(16-29)8-9-25;1-9-11(8-15)12(16)14(13(9)2)10-6-4-3-5-7-10/h3-7,10,13-14,24,27,30H,2,8-9,11-12,15-16H2,1H3;3-8H,1-2H3. The Hall–Kier alpha value is -5.00. The van der Waals surface area contributed by atoms with Gasteiger partial charge in [0.25, 0.3) is 5.56 Å². The maximum atomic E-state index is 14.3. The fourth-order valence-corrected chi connectivity index (χ4v) is 6.22. The highest BCUT2D eigenvalue weighted by Gasteiger charge is 2.54. The minimum absolute atomic E-state index is 0.164. The van der Waals surface area contributed by atoms with E-state index < -0.39 is 5.82 Å². The summed E-state index contributed by atoms with van der Waals surface area (Å²) in [5, 5.41) is 13.9. The van der Waals surface area contributed by atoms with E-state index in [4.69, 9.17) is 9.47 Å². The second-order valence-electron chi connectivity index (χ2n) is 12.4. The molecule has 1 unspecified atom stereocenters. The summed E-state index contributed by atoms with van der Waals surface area (Å²) in [5.74, 6) is 1.02. The summed E-state index contributed by atoms with van der Waals surface area (Å²) < 4.78 is 29.3. The molecule has 2 aliphatic rings. The predicted molar refractivity (Wildman–Crippen MR) is 183 cm³/mol. The summed E-state index contributed by atoms with van der Waals surface area (Å²) >= 11 is 0. The number of nitrogens with zero attached hydrogens (tertiary/aromatic N) is 4. The Morgan fingerprint density at radius 3 is 2.54 bits per heavy atom. The molecule has 2 aromatic heterocycles. The van der Waals surface area contributed by atoms with Crippen LogP contribution in [0, 0.1) is 18.2 Å². The van der Waals surface area contributed by atoms with E-state index >= 15 is 0 Å². The highest BCUT2D eigenvalue weighted by Crippen LogP contribution is 2.52. The third kappa shape index (κ3) is 6.83. The average molecular weight is 654 g/mol. The van der Waals surface area contributed by atoms with E-state index in [1.54, 1.807) is 50.1 Å². The number of pyridine rings is 1. The number of para-hydroxylation sites is 1. The summed E-state index contributed by atoms with van der Waals surface area (Å²) in [4.78, 5) is 29.5. The Bertz CT molecular complexity index is 1970. The van der Waals surface area contributed by atoms with E-state index in [0.29, 0.717) is 30.0 Å². The van der Waals surface area contributed by atoms with E-state index in [2.05, 4.69) is 15.2 Å². The lowest BCUT2D eigenvalue weighted by atomic mass is 10.0. The van der Waals surface area contributed by atoms with Crippen molar-refractivity contribution < 1.29 is 23.8 Å². The van der Waals surface area contributed by atoms with E-state index in [9.17, 15) is 19.1 Å². The van der Waals surface area contributed by atoms with Crippen LogP contribution in [0.25, 0.3) is 16.6 Å². The first kappa shape index (κ1) is 32.9. The molecular weight excluding hydrogens is 613 g/mol. The number of aliphatic hydroxyl groups excluding tert-OH is 1. The molecule has 1 saturated carbocycles. The number of halogens is 1. The number of likely N-dealkylation sites (tertiary alicyclic amines) is 1. The molecule has 5 aromatic rings. The quantitative estimate of drug-likeness (QED) is 0.145. The number of aliphatic hydroxyl groups is 1. The molecule has 3 heterocycles. The molecule has 250 valence electrons. The third-order valence-corrected chi connectivity index (χ3v) is 9.29. The Morgan fingerprint density at radius 1 is 1.08 bits per heavy atom. The molecule has 3 aromatic carbocycles. The molecule has 2 fully saturated rings. The van der Waals surface area contributed by atoms with Gasteiger partial charge in [-0.05, 0) is 68.7 Å². The number of benzene rings is 3. The summed E-state index contributed by atoms with van der Waals surface area (Å²) in [7, 11) is 3.50. The van der Waals surface area contributed by atoms with Gasteiger partial charge in [-0.15, -0.1) is 0 Å². The molecule has 1 aliphatic heterocycles. The number of ether oxygens (including phenoxy) is 2. The van der Waals surface area contributed by atoms with Crippen LogP contribution in [0.4, 0.5) is 10.1 Å². The zero-order valence-corrected chi connectivity index (χ0v) is 27.4. The van der Waals surface area contributed by atoms with E-state index in [1.165, 1.54) is 10.7 Å². The molecule has 2 N–H and O–H groups in total. The number of fused-ring (bicyclic) bond motifs is 1. The summed E-state index contributed by atoms with van der Waals surface area (Å²) in [6, 6.07) is 21.4. The van der Waals surface area contributed by atoms with Crippen molar-refractivity contribution >= 4 is 22.9 Å². The van der Waals surface area contributed by atoms with Gasteiger partial charge in [-0.25, -0.2) is 9.07 Å². The van der Waals surface area contributed by atoms with Crippen molar-refractivity contribution in [1.29, 1.82) is 0 Å². The third-order valence-electron chi connectivity index (χ3n) is 9.29. The highest BCUT2D eigenvalue weighted by molar-refractivity contribution is 5.86. The van der Waals surface area contributed by atoms with Crippen LogP contribution in [0.1, 0.15) is 35.3 Å². The van der Waals surface area contributed by atoms with Crippen molar-refractivity contribution in [2.24, 2.45) is 12.5 Å². The van der Waals surface area contributed by atoms with Crippen LogP contribution in [0.15, 0.2) is 83.8 Å². The van der Waals surface area contributed by atoms with Gasteiger partial charge in [0.1, 0.15) is 17.1 Å². The van der Waals surface area contributed by atoms with Gasteiger partial charge in [0.15, 0.2) is 17.9 Å². The monoisotopic (exact) mass is 653 g/mol. The van der Waals surface area contributed by atoms with Crippen LogP contribution in [0.2, 0.25) is 0 Å². The Balaban J connectivity index is 0.000000211. The van der Waals surface area contributed by atoms with Crippen molar-refractivity contribution in [2.75, 3.05) is 38.6 Å². The molecule has 10 nitrogen and oxygen atoms in total. The van der Waals surface area contributed by atoms with Gasteiger partial charge in [-0.3, -0.25) is 24.2 Å². The molecule has 11 heteroatoms. The molecule has 1 atom stereocenters. The SMILES string of the molecule is CNc1ccc(Oc2ccnc3cc(OCCCN4CC(O)C5(CC5)C4)ccc23)c(F)c1.Cc1c(C=O)c(=O)n(-c2ccccc2)n1C. The van der Waals surface area contributed by atoms with E-state index in [1.807, 2.05) is 48.5 Å². The van der Waals surface area contributed by atoms with Crippen LogP contribution in [0.3, 0.4) is 0 Å². The van der Waals surface area contributed by atoms with Gasteiger partial charge >= 0.3 is 0 Å². The average Bonchev–Trinajstić information content (AvgIpc) is 3.76. The van der Waals surface area contributed by atoms with E-state index in [0.717, 1.165) is 61.2 Å². The molecule has 0 radical (unpaired) electrons. The number of carbonyl (C=O) groups excluding carboxylic acids is 1. The molecule has 48 heavy (non-hydrogen) atoms. The summed E-state index contributed by atoms with van der Waals surface area (Å²) in [5.41, 5.74) is 2.97. The lowest BCUT2D eigenvalue weighted by Crippen LogP contribution is -2.24. The van der Waals surface area contributed by atoms with Crippen molar-refractivity contribution in [3.8, 4) is 22.9 Å². The van der Waals surface area contributed by atoms with Crippen LogP contribution < -0.4 is 20.3 Å². The number of carbonyl (C=O) groups is 1. The zero-order valence-electron chi connectivity index (χ0n) is 27.4. The van der Waals surface area contributed by atoms with Crippen molar-refractivity contribution in [3.63, 3.8) is 0 Å². The Kier molecular flexibility index (Phi) is 9.61. The summed E-state index contributed by atoms with van der Waals surface area (Å²) in [6.45, 7) is 5.07. The topological polar surface area (TPSA) is 111 Å². The largest absolute Gasteiger partial charge is 0.493 e. The lowest BCUT2D eigenvalue weighted by Gasteiger charge is -2.15. The Morgan fingerprint density at radius 2 is 1.88 bits per heavy atom. The molecule has 7 rings (SSSR count). The lowest BCUT2D eigenvalue weighted by molar-refractivity contribution is 0.112. The number of nitrogens with one attached hydrogen (secondary N) is 1. The minimum atomic E-state index is -0.431. The van der Waals surface area contributed by atoms with Gasteiger partial charge in [0.2, 0.25) is 0 Å². The number of aldehydes is 1. The number of hydrogen-bond donors (Lipinski definition) is 2.